The summed E-state index contributed by atoms with van der Waals surface area (Å²) in [4.78, 5) is 23.4. The van der Waals surface area contributed by atoms with E-state index in [0.29, 0.717) is 23.7 Å². The van der Waals surface area contributed by atoms with Crippen LogP contribution in [0.2, 0.25) is 0 Å². The summed E-state index contributed by atoms with van der Waals surface area (Å²) in [6.07, 6.45) is 6.65. The Morgan fingerprint density at radius 3 is 2.88 bits per heavy atom. The van der Waals surface area contributed by atoms with Crippen LogP contribution in [0.5, 0.6) is 0 Å². The van der Waals surface area contributed by atoms with Crippen LogP contribution in [0.25, 0.3) is 21.5 Å². The standard InChI is InChI=1S/C19H23N3O2S/c1-12-5-7-13(8-6-12)22(2)10-16-20-18(23)17-14(11-25-19(17)21-16)15-4-3-9-24-15/h3-4,9,11-13H,5-8,10H2,1-2H3,(H,20,21,23). The number of aromatic nitrogens is 2. The van der Waals surface area contributed by atoms with Crippen molar-refractivity contribution in [1.29, 1.82) is 0 Å². The van der Waals surface area contributed by atoms with Crippen molar-refractivity contribution in [2.75, 3.05) is 7.05 Å². The summed E-state index contributed by atoms with van der Waals surface area (Å²) in [7, 11) is 2.13. The summed E-state index contributed by atoms with van der Waals surface area (Å²) in [5.41, 5.74) is 0.734. The fraction of sp³-hybridized carbons (Fsp3) is 0.474. The average molecular weight is 357 g/mol. The third-order valence-corrected chi connectivity index (χ3v) is 6.16. The van der Waals surface area contributed by atoms with E-state index in [1.807, 2.05) is 17.5 Å². The number of fused-ring (bicyclic) bond motifs is 1. The molecule has 0 bridgehead atoms. The van der Waals surface area contributed by atoms with E-state index in [-0.39, 0.29) is 5.56 Å². The quantitative estimate of drug-likeness (QED) is 0.758. The number of aromatic amines is 1. The number of hydrogen-bond donors (Lipinski definition) is 1. The maximum absolute atomic E-state index is 12.6. The maximum atomic E-state index is 12.6. The second-order valence-electron chi connectivity index (χ2n) is 7.15. The molecule has 0 unspecified atom stereocenters. The molecule has 1 saturated carbocycles. The Labute approximate surface area is 150 Å². The smallest absolute Gasteiger partial charge is 0.260 e. The third kappa shape index (κ3) is 3.28. The first kappa shape index (κ1) is 16.5. The number of rotatable bonds is 4. The summed E-state index contributed by atoms with van der Waals surface area (Å²) in [6.45, 7) is 3.01. The first-order chi connectivity index (χ1) is 12.1. The van der Waals surface area contributed by atoms with Crippen molar-refractivity contribution >= 4 is 21.6 Å². The van der Waals surface area contributed by atoms with Gasteiger partial charge in [-0.3, -0.25) is 9.69 Å². The molecule has 0 aliphatic heterocycles. The molecular weight excluding hydrogens is 334 g/mol. The lowest BCUT2D eigenvalue weighted by molar-refractivity contribution is 0.161. The Morgan fingerprint density at radius 2 is 2.16 bits per heavy atom. The van der Waals surface area contributed by atoms with E-state index >= 15 is 0 Å². The lowest BCUT2D eigenvalue weighted by atomic mass is 9.87. The Bertz CT molecular complexity index is 905. The van der Waals surface area contributed by atoms with Crippen LogP contribution in [0.3, 0.4) is 0 Å². The van der Waals surface area contributed by atoms with Gasteiger partial charge < -0.3 is 9.40 Å². The normalized spacial score (nSPS) is 21.2. The van der Waals surface area contributed by atoms with Gasteiger partial charge >= 0.3 is 0 Å². The van der Waals surface area contributed by atoms with Crippen molar-refractivity contribution in [2.24, 2.45) is 5.92 Å². The monoisotopic (exact) mass is 357 g/mol. The highest BCUT2D eigenvalue weighted by Gasteiger charge is 2.22. The summed E-state index contributed by atoms with van der Waals surface area (Å²) >= 11 is 1.49. The molecule has 5 nitrogen and oxygen atoms in total. The minimum Gasteiger partial charge on any atom is -0.464 e. The van der Waals surface area contributed by atoms with Crippen molar-refractivity contribution in [1.82, 2.24) is 14.9 Å². The molecule has 3 aromatic heterocycles. The first-order valence-electron chi connectivity index (χ1n) is 8.86. The van der Waals surface area contributed by atoms with Gasteiger partial charge in [-0.2, -0.15) is 0 Å². The summed E-state index contributed by atoms with van der Waals surface area (Å²) in [5.74, 6) is 2.29. The van der Waals surface area contributed by atoms with Crippen molar-refractivity contribution in [3.63, 3.8) is 0 Å². The van der Waals surface area contributed by atoms with E-state index in [1.54, 1.807) is 6.26 Å². The maximum Gasteiger partial charge on any atom is 0.260 e. The Balaban J connectivity index is 1.58. The summed E-state index contributed by atoms with van der Waals surface area (Å²) in [6, 6.07) is 4.28. The number of hydrogen-bond acceptors (Lipinski definition) is 5. The molecule has 0 atom stereocenters. The molecule has 4 rings (SSSR count). The minimum absolute atomic E-state index is 0.0849. The molecule has 1 aliphatic carbocycles. The van der Waals surface area contributed by atoms with E-state index in [4.69, 9.17) is 9.40 Å². The van der Waals surface area contributed by atoms with Gasteiger partial charge in [0.15, 0.2) is 0 Å². The molecule has 0 spiro atoms. The van der Waals surface area contributed by atoms with Gasteiger partial charge in [0.1, 0.15) is 16.4 Å². The first-order valence-corrected chi connectivity index (χ1v) is 9.74. The molecule has 0 aromatic carbocycles. The average Bonchev–Trinajstić information content (AvgIpc) is 3.24. The molecule has 0 radical (unpaired) electrons. The highest BCUT2D eigenvalue weighted by atomic mass is 32.1. The fourth-order valence-corrected chi connectivity index (χ4v) is 4.68. The SMILES string of the molecule is CC1CCC(N(C)Cc2nc3scc(-c4ccco4)c3c(=O)[nH]2)CC1. The topological polar surface area (TPSA) is 62.1 Å². The van der Waals surface area contributed by atoms with E-state index in [2.05, 4.69) is 23.9 Å². The van der Waals surface area contributed by atoms with E-state index < -0.39 is 0 Å². The van der Waals surface area contributed by atoms with Gasteiger partial charge in [0.25, 0.3) is 5.56 Å². The largest absolute Gasteiger partial charge is 0.464 e. The zero-order chi connectivity index (χ0) is 17.4. The van der Waals surface area contributed by atoms with Crippen molar-refractivity contribution in [2.45, 2.75) is 45.2 Å². The van der Waals surface area contributed by atoms with Crippen LogP contribution < -0.4 is 5.56 Å². The van der Waals surface area contributed by atoms with Crippen molar-refractivity contribution in [3.05, 3.63) is 40.0 Å². The van der Waals surface area contributed by atoms with E-state index in [9.17, 15) is 4.79 Å². The highest BCUT2D eigenvalue weighted by Crippen LogP contribution is 2.31. The van der Waals surface area contributed by atoms with Gasteiger partial charge in [0, 0.05) is 17.0 Å². The van der Waals surface area contributed by atoms with Gasteiger partial charge in [-0.25, -0.2) is 4.98 Å². The number of thiophene rings is 1. The number of H-pyrrole nitrogens is 1. The van der Waals surface area contributed by atoms with Crippen LogP contribution >= 0.6 is 11.3 Å². The zero-order valence-electron chi connectivity index (χ0n) is 14.6. The Kier molecular flexibility index (Phi) is 4.48. The van der Waals surface area contributed by atoms with Crippen LogP contribution in [0, 0.1) is 5.92 Å². The molecule has 1 aliphatic rings. The van der Waals surface area contributed by atoms with E-state index in [1.165, 1.54) is 37.0 Å². The summed E-state index contributed by atoms with van der Waals surface area (Å²) < 4.78 is 5.44. The lowest BCUT2D eigenvalue weighted by Crippen LogP contribution is -2.35. The number of nitrogens with one attached hydrogen (secondary N) is 1. The predicted molar refractivity (Wildman–Crippen MR) is 101 cm³/mol. The van der Waals surface area contributed by atoms with Crippen LogP contribution in [0.1, 0.15) is 38.4 Å². The molecule has 3 aromatic rings. The predicted octanol–water partition coefficient (Wildman–Crippen LogP) is 4.26. The van der Waals surface area contributed by atoms with Gasteiger partial charge in [-0.05, 0) is 50.8 Å². The Hall–Kier alpha value is -1.92. The van der Waals surface area contributed by atoms with Crippen molar-refractivity contribution in [3.8, 4) is 11.3 Å². The van der Waals surface area contributed by atoms with Gasteiger partial charge in [-0.1, -0.05) is 6.92 Å². The lowest BCUT2D eigenvalue weighted by Gasteiger charge is -2.33. The minimum atomic E-state index is -0.0849. The zero-order valence-corrected chi connectivity index (χ0v) is 15.4. The third-order valence-electron chi connectivity index (χ3n) is 5.29. The number of nitrogens with zero attached hydrogens (tertiary/aromatic N) is 2. The van der Waals surface area contributed by atoms with Crippen LogP contribution in [-0.2, 0) is 6.54 Å². The van der Waals surface area contributed by atoms with Gasteiger partial charge in [0.05, 0.1) is 18.2 Å². The van der Waals surface area contributed by atoms with Crippen LogP contribution in [0.4, 0.5) is 0 Å². The second-order valence-corrected chi connectivity index (χ2v) is 8.01. The Morgan fingerprint density at radius 1 is 1.36 bits per heavy atom. The van der Waals surface area contributed by atoms with Crippen LogP contribution in [-0.4, -0.2) is 28.0 Å². The highest BCUT2D eigenvalue weighted by molar-refractivity contribution is 7.17. The van der Waals surface area contributed by atoms with Crippen LogP contribution in [0.15, 0.2) is 33.0 Å². The molecular formula is C19H23N3O2S. The molecule has 1 fully saturated rings. The number of furan rings is 1. The van der Waals surface area contributed by atoms with Gasteiger partial charge in [-0.15, -0.1) is 11.3 Å². The molecule has 132 valence electrons. The molecule has 25 heavy (non-hydrogen) atoms. The van der Waals surface area contributed by atoms with Crippen molar-refractivity contribution < 1.29 is 4.42 Å². The van der Waals surface area contributed by atoms with E-state index in [0.717, 1.165) is 22.1 Å². The molecule has 6 heteroatoms. The second kappa shape index (κ2) is 6.77. The fourth-order valence-electron chi connectivity index (χ4n) is 3.73. The summed E-state index contributed by atoms with van der Waals surface area (Å²) in [5, 5.41) is 2.57. The molecule has 0 amide bonds. The molecule has 0 saturated heterocycles. The van der Waals surface area contributed by atoms with Gasteiger partial charge in [0.2, 0.25) is 0 Å². The molecule has 3 heterocycles. The molecule has 1 N–H and O–H groups in total.